The average molecular weight is 310 g/mol. The molecule has 7 heteroatoms. The van der Waals surface area contributed by atoms with Crippen molar-refractivity contribution in [3.8, 4) is 17.1 Å². The fourth-order valence-electron chi connectivity index (χ4n) is 2.03. The van der Waals surface area contributed by atoms with E-state index in [0.717, 1.165) is 5.56 Å². The van der Waals surface area contributed by atoms with E-state index in [4.69, 9.17) is 9.26 Å². The van der Waals surface area contributed by atoms with Gasteiger partial charge in [0, 0.05) is 18.0 Å². The molecule has 3 aromatic rings. The van der Waals surface area contributed by atoms with Crippen LogP contribution in [-0.4, -0.2) is 28.1 Å². The normalized spacial score (nSPS) is 10.3. The van der Waals surface area contributed by atoms with Crippen LogP contribution in [0.25, 0.3) is 11.4 Å². The van der Waals surface area contributed by atoms with Crippen molar-refractivity contribution in [3.63, 3.8) is 0 Å². The number of para-hydroxylation sites is 1. The molecule has 0 bridgehead atoms. The number of ether oxygens (including phenoxy) is 1. The molecule has 0 saturated carbocycles. The van der Waals surface area contributed by atoms with Gasteiger partial charge in [0.05, 0.1) is 19.2 Å². The van der Waals surface area contributed by atoms with Gasteiger partial charge in [-0.3, -0.25) is 9.78 Å². The first kappa shape index (κ1) is 14.7. The number of benzene rings is 1. The molecule has 0 saturated heterocycles. The number of hydrogen-bond acceptors (Lipinski definition) is 6. The zero-order valence-electron chi connectivity index (χ0n) is 12.4. The maximum Gasteiger partial charge on any atom is 0.251 e. The van der Waals surface area contributed by atoms with E-state index < -0.39 is 0 Å². The maximum atomic E-state index is 11.9. The number of amides is 1. The fraction of sp³-hybridized carbons (Fsp3) is 0.125. The van der Waals surface area contributed by atoms with E-state index in [1.165, 1.54) is 0 Å². The highest BCUT2D eigenvalue weighted by atomic mass is 16.5. The van der Waals surface area contributed by atoms with Gasteiger partial charge >= 0.3 is 0 Å². The molecule has 0 aliphatic rings. The standard InChI is InChI=1S/C16H14N4O3/c1-22-13-5-3-2-4-12(13)15-19-14(23-20-15)10-18-16(21)11-6-8-17-9-7-11/h2-9H,10H2,1H3,(H,18,21). The molecule has 0 radical (unpaired) electrons. The van der Waals surface area contributed by atoms with Crippen molar-refractivity contribution < 1.29 is 14.1 Å². The number of carbonyl (C=O) groups excluding carboxylic acids is 1. The van der Waals surface area contributed by atoms with Gasteiger partial charge in [0.15, 0.2) is 0 Å². The number of nitrogens with one attached hydrogen (secondary N) is 1. The van der Waals surface area contributed by atoms with Crippen LogP contribution in [0.15, 0.2) is 53.3 Å². The molecule has 2 heterocycles. The molecule has 23 heavy (non-hydrogen) atoms. The third-order valence-electron chi connectivity index (χ3n) is 3.16. The molecule has 3 rings (SSSR count). The van der Waals surface area contributed by atoms with Crippen LogP contribution in [0.4, 0.5) is 0 Å². The summed E-state index contributed by atoms with van der Waals surface area (Å²) >= 11 is 0. The van der Waals surface area contributed by atoms with Gasteiger partial charge in [-0.15, -0.1) is 0 Å². The van der Waals surface area contributed by atoms with Crippen LogP contribution in [-0.2, 0) is 6.54 Å². The molecule has 0 unspecified atom stereocenters. The molecule has 7 nitrogen and oxygen atoms in total. The van der Waals surface area contributed by atoms with E-state index in [1.807, 2.05) is 24.3 Å². The number of aromatic nitrogens is 3. The van der Waals surface area contributed by atoms with Crippen LogP contribution < -0.4 is 10.1 Å². The van der Waals surface area contributed by atoms with Crippen LogP contribution in [0, 0.1) is 0 Å². The summed E-state index contributed by atoms with van der Waals surface area (Å²) in [5, 5.41) is 6.63. The third-order valence-corrected chi connectivity index (χ3v) is 3.16. The van der Waals surface area contributed by atoms with Gasteiger partial charge in [-0.25, -0.2) is 0 Å². The first-order valence-corrected chi connectivity index (χ1v) is 6.92. The van der Waals surface area contributed by atoms with Gasteiger partial charge in [-0.05, 0) is 24.3 Å². The van der Waals surface area contributed by atoms with Crippen molar-refractivity contribution in [1.29, 1.82) is 0 Å². The quantitative estimate of drug-likeness (QED) is 0.776. The minimum Gasteiger partial charge on any atom is -0.496 e. The summed E-state index contributed by atoms with van der Waals surface area (Å²) in [5.41, 5.74) is 1.25. The lowest BCUT2D eigenvalue weighted by molar-refractivity contribution is 0.0946. The Labute approximate surface area is 132 Å². The van der Waals surface area contributed by atoms with Crippen LogP contribution >= 0.6 is 0 Å². The van der Waals surface area contributed by atoms with Crippen LogP contribution in [0.5, 0.6) is 5.75 Å². The minimum atomic E-state index is -0.232. The van der Waals surface area contributed by atoms with Crippen molar-refractivity contribution in [3.05, 3.63) is 60.2 Å². The maximum absolute atomic E-state index is 11.9. The molecule has 1 aromatic carbocycles. The first-order valence-electron chi connectivity index (χ1n) is 6.92. The van der Waals surface area contributed by atoms with Crippen molar-refractivity contribution in [1.82, 2.24) is 20.4 Å². The predicted octanol–water partition coefficient (Wildman–Crippen LogP) is 2.07. The molecular formula is C16H14N4O3. The fourth-order valence-corrected chi connectivity index (χ4v) is 2.03. The first-order chi connectivity index (χ1) is 11.3. The zero-order chi connectivity index (χ0) is 16.1. The van der Waals surface area contributed by atoms with E-state index in [0.29, 0.717) is 23.0 Å². The summed E-state index contributed by atoms with van der Waals surface area (Å²) in [4.78, 5) is 20.1. The van der Waals surface area contributed by atoms with E-state index in [-0.39, 0.29) is 12.5 Å². The summed E-state index contributed by atoms with van der Waals surface area (Å²) in [6.07, 6.45) is 3.11. The topological polar surface area (TPSA) is 90.1 Å². The van der Waals surface area contributed by atoms with E-state index >= 15 is 0 Å². The highest BCUT2D eigenvalue weighted by Crippen LogP contribution is 2.26. The van der Waals surface area contributed by atoms with E-state index in [2.05, 4.69) is 20.4 Å². The lowest BCUT2D eigenvalue weighted by Gasteiger charge is -2.03. The second-order valence-corrected chi connectivity index (χ2v) is 4.63. The lowest BCUT2D eigenvalue weighted by Crippen LogP contribution is -2.22. The second kappa shape index (κ2) is 6.69. The predicted molar refractivity (Wildman–Crippen MR) is 81.7 cm³/mol. The second-order valence-electron chi connectivity index (χ2n) is 4.63. The highest BCUT2D eigenvalue weighted by molar-refractivity contribution is 5.93. The van der Waals surface area contributed by atoms with Gasteiger partial charge in [0.25, 0.3) is 5.91 Å². The van der Waals surface area contributed by atoms with Crippen LogP contribution in [0.1, 0.15) is 16.2 Å². The molecule has 1 N–H and O–H groups in total. The Morgan fingerprint density at radius 3 is 2.78 bits per heavy atom. The Hall–Kier alpha value is -3.22. The number of hydrogen-bond donors (Lipinski definition) is 1. The van der Waals surface area contributed by atoms with Crippen LogP contribution in [0.2, 0.25) is 0 Å². The SMILES string of the molecule is COc1ccccc1-c1noc(CNC(=O)c2ccncc2)n1. The molecule has 0 fully saturated rings. The average Bonchev–Trinajstić information content (AvgIpc) is 3.09. The number of pyridine rings is 1. The Morgan fingerprint density at radius 1 is 1.22 bits per heavy atom. The van der Waals surface area contributed by atoms with Gasteiger partial charge in [-0.1, -0.05) is 17.3 Å². The van der Waals surface area contributed by atoms with Crippen molar-refractivity contribution in [2.24, 2.45) is 0 Å². The highest BCUT2D eigenvalue weighted by Gasteiger charge is 2.13. The smallest absolute Gasteiger partial charge is 0.251 e. The zero-order valence-corrected chi connectivity index (χ0v) is 12.4. The molecule has 0 aliphatic carbocycles. The number of methoxy groups -OCH3 is 1. The van der Waals surface area contributed by atoms with Gasteiger partial charge in [-0.2, -0.15) is 4.98 Å². The Kier molecular flexibility index (Phi) is 4.28. The molecule has 2 aromatic heterocycles. The summed E-state index contributed by atoms with van der Waals surface area (Å²) < 4.78 is 10.4. The third kappa shape index (κ3) is 3.34. The van der Waals surface area contributed by atoms with E-state index in [9.17, 15) is 4.79 Å². The Morgan fingerprint density at radius 2 is 2.00 bits per heavy atom. The van der Waals surface area contributed by atoms with Gasteiger partial charge < -0.3 is 14.6 Å². The summed E-state index contributed by atoms with van der Waals surface area (Å²) in [5.74, 6) is 1.15. The molecule has 1 amide bonds. The Balaban J connectivity index is 1.69. The molecule has 0 atom stereocenters. The van der Waals surface area contributed by atoms with Crippen molar-refractivity contribution in [2.75, 3.05) is 7.11 Å². The largest absolute Gasteiger partial charge is 0.496 e. The Bertz CT molecular complexity index is 802. The summed E-state index contributed by atoms with van der Waals surface area (Å²) in [7, 11) is 1.58. The van der Waals surface area contributed by atoms with E-state index in [1.54, 1.807) is 31.6 Å². The summed E-state index contributed by atoms with van der Waals surface area (Å²) in [6, 6.07) is 10.6. The minimum absolute atomic E-state index is 0.142. The summed E-state index contributed by atoms with van der Waals surface area (Å²) in [6.45, 7) is 0.142. The van der Waals surface area contributed by atoms with Crippen LogP contribution in [0.3, 0.4) is 0 Å². The van der Waals surface area contributed by atoms with Crippen molar-refractivity contribution in [2.45, 2.75) is 6.54 Å². The molecular weight excluding hydrogens is 296 g/mol. The molecule has 0 spiro atoms. The number of rotatable bonds is 5. The molecule has 116 valence electrons. The van der Waals surface area contributed by atoms with Gasteiger partial charge in [0.1, 0.15) is 5.75 Å². The molecule has 0 aliphatic heterocycles. The van der Waals surface area contributed by atoms with Crippen molar-refractivity contribution >= 4 is 5.91 Å². The number of nitrogens with zero attached hydrogens (tertiary/aromatic N) is 3. The number of carbonyl (C=O) groups is 1. The lowest BCUT2D eigenvalue weighted by atomic mass is 10.2. The van der Waals surface area contributed by atoms with Gasteiger partial charge in [0.2, 0.25) is 11.7 Å². The monoisotopic (exact) mass is 310 g/mol.